The molecule has 1 saturated heterocycles. The monoisotopic (exact) mass is 318 g/mol. The molecule has 120 valence electrons. The summed E-state index contributed by atoms with van der Waals surface area (Å²) < 4.78 is 38.4. The van der Waals surface area contributed by atoms with Crippen LogP contribution in [0, 0.1) is 0 Å². The molecular formula is C13H24N3O4S+. The van der Waals surface area contributed by atoms with E-state index in [0.717, 1.165) is 68.9 Å². The predicted molar refractivity (Wildman–Crippen MR) is 78.2 cm³/mol. The largest absolute Gasteiger partial charge is 0.442 e. The fourth-order valence-corrected chi connectivity index (χ4v) is 3.52. The van der Waals surface area contributed by atoms with Crippen molar-refractivity contribution >= 4 is 16.3 Å². The molecule has 2 rings (SSSR count). The quantitative estimate of drug-likeness (QED) is 0.457. The zero-order chi connectivity index (χ0) is 15.1. The van der Waals surface area contributed by atoms with Gasteiger partial charge in [-0.25, -0.2) is 0 Å². The molecule has 0 unspecified atom stereocenters. The van der Waals surface area contributed by atoms with Crippen molar-refractivity contribution < 1.29 is 21.7 Å². The Hall–Kier alpha value is -0.790. The molecule has 0 atom stereocenters. The van der Waals surface area contributed by atoms with Gasteiger partial charge in [-0.05, 0) is 30.7 Å². The van der Waals surface area contributed by atoms with Crippen LogP contribution < -0.4 is 0 Å². The van der Waals surface area contributed by atoms with Gasteiger partial charge >= 0.3 is 16.3 Å². The van der Waals surface area contributed by atoms with Crippen LogP contribution in [-0.2, 0) is 15.0 Å². The Morgan fingerprint density at radius 3 is 2.52 bits per heavy atom. The molecule has 1 saturated carbocycles. The SMILES string of the molecule is O=S(=O)(O)[N+](=C=NCCN1CCOCC1)C1CCCCC1. The number of hydrogen-bond acceptors (Lipinski definition) is 5. The van der Waals surface area contributed by atoms with Crippen molar-refractivity contribution in [3.8, 4) is 0 Å². The van der Waals surface area contributed by atoms with E-state index in [2.05, 4.69) is 15.9 Å². The van der Waals surface area contributed by atoms with Crippen molar-refractivity contribution in [1.29, 1.82) is 0 Å². The Morgan fingerprint density at radius 1 is 1.24 bits per heavy atom. The summed E-state index contributed by atoms with van der Waals surface area (Å²) in [6, 6.07) is 2.32. The molecule has 0 aromatic heterocycles. The van der Waals surface area contributed by atoms with E-state index in [4.69, 9.17) is 4.74 Å². The van der Waals surface area contributed by atoms with E-state index < -0.39 is 10.3 Å². The van der Waals surface area contributed by atoms with Gasteiger partial charge in [-0.3, -0.25) is 9.45 Å². The van der Waals surface area contributed by atoms with E-state index in [9.17, 15) is 13.0 Å². The highest BCUT2D eigenvalue weighted by Crippen LogP contribution is 2.20. The lowest BCUT2D eigenvalue weighted by Crippen LogP contribution is -2.37. The van der Waals surface area contributed by atoms with E-state index in [-0.39, 0.29) is 6.04 Å². The Morgan fingerprint density at radius 2 is 1.90 bits per heavy atom. The van der Waals surface area contributed by atoms with Crippen molar-refractivity contribution in [1.82, 2.24) is 4.90 Å². The molecule has 1 aliphatic carbocycles. The maximum absolute atomic E-state index is 11.5. The summed E-state index contributed by atoms with van der Waals surface area (Å²) in [6.45, 7) is 4.43. The van der Waals surface area contributed by atoms with E-state index in [1.807, 2.05) is 0 Å². The second-order valence-electron chi connectivity index (χ2n) is 5.50. The molecule has 21 heavy (non-hydrogen) atoms. The third-order valence-electron chi connectivity index (χ3n) is 3.96. The third-order valence-corrected chi connectivity index (χ3v) is 4.83. The van der Waals surface area contributed by atoms with Crippen LogP contribution in [0.2, 0.25) is 0 Å². The maximum atomic E-state index is 11.5. The summed E-state index contributed by atoms with van der Waals surface area (Å²) in [5.41, 5.74) is 0. The van der Waals surface area contributed by atoms with Crippen molar-refractivity contribution in [2.24, 2.45) is 4.99 Å². The first-order valence-corrected chi connectivity index (χ1v) is 8.96. The number of ether oxygens (including phenoxy) is 1. The summed E-state index contributed by atoms with van der Waals surface area (Å²) in [5.74, 6) is 0. The minimum absolute atomic E-state index is 0.208. The normalized spacial score (nSPS) is 21.8. The molecule has 0 spiro atoms. The zero-order valence-corrected chi connectivity index (χ0v) is 13.1. The first-order chi connectivity index (χ1) is 10.1. The third kappa shape index (κ3) is 5.48. The highest BCUT2D eigenvalue weighted by Gasteiger charge is 2.29. The standard InChI is InChI=1S/C13H23N3O4S/c17-21(18,19)16(13-4-2-1-3-5-13)12-14-6-7-15-8-10-20-11-9-15/h13H,1-11H2/p+1. The Kier molecular flexibility index (Phi) is 6.32. The second-order valence-corrected chi connectivity index (χ2v) is 6.79. The van der Waals surface area contributed by atoms with Crippen molar-refractivity contribution in [3.05, 3.63) is 0 Å². The number of hydrogen-bond donors (Lipinski definition) is 1. The van der Waals surface area contributed by atoms with Gasteiger partial charge in [0.25, 0.3) is 0 Å². The van der Waals surface area contributed by atoms with Gasteiger partial charge in [0, 0.05) is 19.6 Å². The zero-order valence-electron chi connectivity index (χ0n) is 12.3. The minimum Gasteiger partial charge on any atom is -0.379 e. The molecule has 8 heteroatoms. The average Bonchev–Trinajstić information content (AvgIpc) is 2.48. The highest BCUT2D eigenvalue weighted by molar-refractivity contribution is 7.79. The van der Waals surface area contributed by atoms with E-state index >= 15 is 0 Å². The van der Waals surface area contributed by atoms with Gasteiger partial charge in [-0.2, -0.15) is 8.42 Å². The van der Waals surface area contributed by atoms with Crippen LogP contribution >= 0.6 is 0 Å². The Balaban J connectivity index is 1.96. The van der Waals surface area contributed by atoms with Gasteiger partial charge in [0.15, 0.2) is 6.54 Å². The van der Waals surface area contributed by atoms with Crippen LogP contribution in [0.25, 0.3) is 0 Å². The Labute approximate surface area is 126 Å². The number of aliphatic imine (C=N–C) groups is 1. The van der Waals surface area contributed by atoms with Crippen LogP contribution in [0.5, 0.6) is 0 Å². The molecule has 0 aromatic carbocycles. The summed E-state index contributed by atoms with van der Waals surface area (Å²) in [4.78, 5) is 6.28. The van der Waals surface area contributed by atoms with Gasteiger partial charge in [-0.1, -0.05) is 10.4 Å². The van der Waals surface area contributed by atoms with Crippen LogP contribution in [0.1, 0.15) is 32.1 Å². The predicted octanol–water partition coefficient (Wildman–Crippen LogP) is 0.640. The van der Waals surface area contributed by atoms with Gasteiger partial charge < -0.3 is 4.74 Å². The van der Waals surface area contributed by atoms with Gasteiger partial charge in [0.05, 0.1) is 13.2 Å². The lowest BCUT2D eigenvalue weighted by Gasteiger charge is -2.24. The van der Waals surface area contributed by atoms with Gasteiger partial charge in [-0.15, -0.1) is 0 Å². The maximum Gasteiger partial charge on any atom is 0.442 e. The average molecular weight is 318 g/mol. The highest BCUT2D eigenvalue weighted by atomic mass is 32.2. The number of morpholine rings is 1. The van der Waals surface area contributed by atoms with Gasteiger partial charge in [0.2, 0.25) is 0 Å². The molecule has 0 aromatic rings. The fourth-order valence-electron chi connectivity index (χ4n) is 2.77. The van der Waals surface area contributed by atoms with E-state index in [1.54, 1.807) is 0 Å². The molecule has 2 fully saturated rings. The van der Waals surface area contributed by atoms with Crippen molar-refractivity contribution in [3.63, 3.8) is 0 Å². The minimum atomic E-state index is -4.27. The van der Waals surface area contributed by atoms with E-state index in [1.165, 1.54) is 0 Å². The van der Waals surface area contributed by atoms with Crippen molar-refractivity contribution in [2.75, 3.05) is 39.4 Å². The van der Waals surface area contributed by atoms with Crippen LogP contribution in [0.3, 0.4) is 0 Å². The Bertz CT molecular complexity index is 488. The number of rotatable bonds is 5. The lowest BCUT2D eigenvalue weighted by molar-refractivity contribution is -0.423. The van der Waals surface area contributed by atoms with Crippen LogP contribution in [0.4, 0.5) is 0 Å². The molecule has 1 aliphatic heterocycles. The molecule has 0 amide bonds. The van der Waals surface area contributed by atoms with Crippen molar-refractivity contribution in [2.45, 2.75) is 38.1 Å². The second kappa shape index (κ2) is 8.00. The van der Waals surface area contributed by atoms with Crippen LogP contribution in [-0.4, -0.2) is 73.3 Å². The first-order valence-electron chi connectivity index (χ1n) is 7.56. The summed E-state index contributed by atoms with van der Waals surface area (Å²) >= 11 is 0. The molecule has 2 aliphatic rings. The topological polar surface area (TPSA) is 82.2 Å². The number of nitrogens with zero attached hydrogens (tertiary/aromatic N) is 3. The summed E-state index contributed by atoms with van der Waals surface area (Å²) in [6.07, 6.45) is 4.58. The smallest absolute Gasteiger partial charge is 0.379 e. The van der Waals surface area contributed by atoms with Gasteiger partial charge in [0.1, 0.15) is 6.04 Å². The molecular weight excluding hydrogens is 294 g/mol. The molecule has 1 N–H and O–H groups in total. The fraction of sp³-hybridized carbons (Fsp3) is 0.923. The van der Waals surface area contributed by atoms with Crippen LogP contribution in [0.15, 0.2) is 4.99 Å². The molecule has 0 radical (unpaired) electrons. The lowest BCUT2D eigenvalue weighted by atomic mass is 9.96. The summed E-state index contributed by atoms with van der Waals surface area (Å²) in [7, 11) is -4.27. The molecule has 7 nitrogen and oxygen atoms in total. The first kappa shape index (κ1) is 16.6. The molecule has 0 bridgehead atoms. The van der Waals surface area contributed by atoms with E-state index in [0.29, 0.717) is 6.54 Å². The summed E-state index contributed by atoms with van der Waals surface area (Å²) in [5, 5.41) is 0. The molecule has 1 heterocycles.